The largest absolute Gasteiger partial charge is 0.470 e. The molecule has 0 fully saturated rings. The lowest BCUT2D eigenvalue weighted by Gasteiger charge is -2.14. The maximum atomic E-state index is 11.6. The number of nitrogens with zero attached hydrogens (tertiary/aromatic N) is 1. The summed E-state index contributed by atoms with van der Waals surface area (Å²) in [6.45, 7) is 1.89. The second-order valence-corrected chi connectivity index (χ2v) is 6.51. The van der Waals surface area contributed by atoms with Crippen LogP contribution in [0.15, 0.2) is 48.7 Å². The molecule has 1 N–H and O–H groups in total. The van der Waals surface area contributed by atoms with Crippen molar-refractivity contribution < 1.29 is 17.9 Å². The van der Waals surface area contributed by atoms with Gasteiger partial charge in [-0.3, -0.25) is 4.79 Å². The van der Waals surface area contributed by atoms with Crippen LogP contribution in [-0.2, 0) is 10.0 Å². The predicted molar refractivity (Wildman–Crippen MR) is 82.0 cm³/mol. The van der Waals surface area contributed by atoms with Gasteiger partial charge < -0.3 is 4.74 Å². The minimum absolute atomic E-state index is 0.144. The smallest absolute Gasteiger partial charge is 0.266 e. The fraction of sp³-hybridized carbons (Fsp3) is 0.200. The average Bonchev–Trinajstić information content (AvgIpc) is 2.47. The molecule has 0 aliphatic rings. The molecule has 1 aromatic heterocycles. The van der Waals surface area contributed by atoms with Gasteiger partial charge in [0, 0.05) is 12.3 Å². The number of sulfonamides is 1. The summed E-state index contributed by atoms with van der Waals surface area (Å²) in [6.07, 6.45) is 2.00. The molecule has 1 unspecified atom stereocenters. The number of hydrogen-bond donors (Lipinski definition) is 1. The summed E-state index contributed by atoms with van der Waals surface area (Å²) in [7, 11) is -3.60. The van der Waals surface area contributed by atoms with Crippen LogP contribution in [0.1, 0.15) is 28.9 Å². The van der Waals surface area contributed by atoms with Gasteiger partial charge in [-0.1, -0.05) is 30.3 Å². The van der Waals surface area contributed by atoms with E-state index in [0.717, 1.165) is 11.8 Å². The number of carbonyl (C=O) groups is 1. The van der Waals surface area contributed by atoms with E-state index in [4.69, 9.17) is 4.74 Å². The standard InChI is InChI=1S/C15H16N2O4S/c1-11(12-6-4-3-5-7-12)21-14-9-8-13(10-16-14)15(18)17-22(2,19)20/h3-11H,1-2H3,(H,17,18). The van der Waals surface area contributed by atoms with Gasteiger partial charge in [0.15, 0.2) is 0 Å². The number of nitrogens with one attached hydrogen (secondary N) is 1. The van der Waals surface area contributed by atoms with Crippen LogP contribution >= 0.6 is 0 Å². The number of pyridine rings is 1. The van der Waals surface area contributed by atoms with Crippen LogP contribution in [0.3, 0.4) is 0 Å². The van der Waals surface area contributed by atoms with Crippen molar-refractivity contribution in [2.45, 2.75) is 13.0 Å². The summed E-state index contributed by atoms with van der Waals surface area (Å²) < 4.78 is 29.6. The van der Waals surface area contributed by atoms with Gasteiger partial charge in [0.2, 0.25) is 15.9 Å². The average molecular weight is 320 g/mol. The molecule has 7 heteroatoms. The fourth-order valence-corrected chi connectivity index (χ4v) is 2.24. The Balaban J connectivity index is 2.05. The van der Waals surface area contributed by atoms with E-state index in [2.05, 4.69) is 4.98 Å². The van der Waals surface area contributed by atoms with E-state index in [0.29, 0.717) is 5.88 Å². The second-order valence-electron chi connectivity index (χ2n) is 4.76. The predicted octanol–water partition coefficient (Wildman–Crippen LogP) is 1.91. The van der Waals surface area contributed by atoms with Gasteiger partial charge in [0.1, 0.15) is 6.10 Å². The van der Waals surface area contributed by atoms with Gasteiger partial charge in [-0.15, -0.1) is 0 Å². The lowest BCUT2D eigenvalue weighted by Crippen LogP contribution is -2.29. The van der Waals surface area contributed by atoms with Crippen LogP contribution in [0.5, 0.6) is 5.88 Å². The number of benzene rings is 1. The van der Waals surface area contributed by atoms with Crippen LogP contribution < -0.4 is 9.46 Å². The Labute approximate surface area is 129 Å². The molecule has 0 aliphatic heterocycles. The van der Waals surface area contributed by atoms with Crippen molar-refractivity contribution in [2.24, 2.45) is 0 Å². The van der Waals surface area contributed by atoms with E-state index in [1.807, 2.05) is 42.0 Å². The Bertz CT molecular complexity index is 743. The minimum atomic E-state index is -3.60. The van der Waals surface area contributed by atoms with Gasteiger partial charge in [0.05, 0.1) is 11.8 Å². The third-order valence-electron chi connectivity index (χ3n) is 2.84. The maximum Gasteiger partial charge on any atom is 0.266 e. The van der Waals surface area contributed by atoms with Gasteiger partial charge in [-0.2, -0.15) is 0 Å². The molecule has 1 amide bonds. The van der Waals surface area contributed by atoms with E-state index < -0.39 is 15.9 Å². The Kier molecular flexibility index (Phi) is 4.77. The summed E-state index contributed by atoms with van der Waals surface area (Å²) in [4.78, 5) is 15.7. The van der Waals surface area contributed by atoms with Crippen LogP contribution in [0.2, 0.25) is 0 Å². The Morgan fingerprint density at radius 3 is 2.41 bits per heavy atom. The number of hydrogen-bond acceptors (Lipinski definition) is 5. The summed E-state index contributed by atoms with van der Waals surface area (Å²) >= 11 is 0. The highest BCUT2D eigenvalue weighted by Crippen LogP contribution is 2.19. The highest BCUT2D eigenvalue weighted by atomic mass is 32.2. The fourth-order valence-electron chi connectivity index (χ4n) is 1.78. The zero-order valence-electron chi connectivity index (χ0n) is 12.2. The first-order chi connectivity index (χ1) is 10.3. The Morgan fingerprint density at radius 1 is 1.18 bits per heavy atom. The van der Waals surface area contributed by atoms with Gasteiger partial charge >= 0.3 is 0 Å². The second kappa shape index (κ2) is 6.57. The third kappa shape index (κ3) is 4.56. The molecule has 1 aromatic carbocycles. The summed E-state index contributed by atoms with van der Waals surface area (Å²) in [5.74, 6) is -0.370. The van der Waals surface area contributed by atoms with Crippen molar-refractivity contribution in [1.29, 1.82) is 0 Å². The van der Waals surface area contributed by atoms with E-state index in [1.54, 1.807) is 0 Å². The highest BCUT2D eigenvalue weighted by molar-refractivity contribution is 7.89. The Morgan fingerprint density at radius 2 is 1.86 bits per heavy atom. The van der Waals surface area contributed by atoms with Crippen LogP contribution in [0, 0.1) is 0 Å². The summed E-state index contributed by atoms with van der Waals surface area (Å²) in [6, 6.07) is 12.6. The number of aromatic nitrogens is 1. The molecule has 2 rings (SSSR count). The molecule has 0 radical (unpaired) electrons. The first-order valence-corrected chi connectivity index (χ1v) is 8.44. The normalized spacial score (nSPS) is 12.5. The van der Waals surface area contributed by atoms with Crippen molar-refractivity contribution in [1.82, 2.24) is 9.71 Å². The molecule has 0 saturated carbocycles. The monoisotopic (exact) mass is 320 g/mol. The van der Waals surface area contributed by atoms with Crippen molar-refractivity contribution in [3.63, 3.8) is 0 Å². The molecular formula is C15H16N2O4S. The summed E-state index contributed by atoms with van der Waals surface area (Å²) in [5, 5.41) is 0. The number of amides is 1. The molecule has 2 aromatic rings. The van der Waals surface area contributed by atoms with E-state index >= 15 is 0 Å². The van der Waals surface area contributed by atoms with Crippen molar-refractivity contribution in [3.8, 4) is 5.88 Å². The SMILES string of the molecule is CC(Oc1ccc(C(=O)NS(C)(=O)=O)cn1)c1ccccc1. The van der Waals surface area contributed by atoms with Crippen molar-refractivity contribution >= 4 is 15.9 Å². The van der Waals surface area contributed by atoms with E-state index in [9.17, 15) is 13.2 Å². The van der Waals surface area contributed by atoms with E-state index in [-0.39, 0.29) is 11.7 Å². The molecular weight excluding hydrogens is 304 g/mol. The molecule has 0 saturated heterocycles. The summed E-state index contributed by atoms with van der Waals surface area (Å²) in [5.41, 5.74) is 1.15. The molecule has 0 bridgehead atoms. The quantitative estimate of drug-likeness (QED) is 0.909. The molecule has 1 atom stereocenters. The van der Waals surface area contributed by atoms with Crippen LogP contribution in [0.25, 0.3) is 0 Å². The number of carbonyl (C=O) groups excluding carboxylic acids is 1. The van der Waals surface area contributed by atoms with Gasteiger partial charge in [0.25, 0.3) is 5.91 Å². The highest BCUT2D eigenvalue weighted by Gasteiger charge is 2.12. The maximum absolute atomic E-state index is 11.6. The lowest BCUT2D eigenvalue weighted by molar-refractivity contribution is 0.0981. The van der Waals surface area contributed by atoms with Gasteiger partial charge in [-0.25, -0.2) is 18.1 Å². The minimum Gasteiger partial charge on any atom is -0.470 e. The topological polar surface area (TPSA) is 85.4 Å². The van der Waals surface area contributed by atoms with Crippen LogP contribution in [0.4, 0.5) is 0 Å². The van der Waals surface area contributed by atoms with E-state index in [1.165, 1.54) is 18.3 Å². The third-order valence-corrected chi connectivity index (χ3v) is 3.40. The van der Waals surface area contributed by atoms with Crippen molar-refractivity contribution in [2.75, 3.05) is 6.26 Å². The molecule has 0 spiro atoms. The molecule has 1 heterocycles. The molecule has 0 aliphatic carbocycles. The van der Waals surface area contributed by atoms with Crippen molar-refractivity contribution in [3.05, 3.63) is 59.8 Å². The van der Waals surface area contributed by atoms with Crippen LogP contribution in [-0.4, -0.2) is 25.6 Å². The van der Waals surface area contributed by atoms with Gasteiger partial charge in [-0.05, 0) is 18.6 Å². The lowest BCUT2D eigenvalue weighted by atomic mass is 10.1. The molecule has 116 valence electrons. The number of ether oxygens (including phenoxy) is 1. The number of rotatable bonds is 5. The molecule has 6 nitrogen and oxygen atoms in total. The Hall–Kier alpha value is -2.41. The zero-order chi connectivity index (χ0) is 16.2. The molecule has 22 heavy (non-hydrogen) atoms. The zero-order valence-corrected chi connectivity index (χ0v) is 13.0. The first-order valence-electron chi connectivity index (χ1n) is 6.55. The first kappa shape index (κ1) is 16.0.